The third-order valence-electron chi connectivity index (χ3n) is 1.08. The minimum atomic E-state index is -2.25. The Labute approximate surface area is 136 Å². The predicted molar refractivity (Wildman–Crippen MR) is 73.3 cm³/mol. The van der Waals surface area contributed by atoms with Crippen LogP contribution in [0.1, 0.15) is 0 Å². The van der Waals surface area contributed by atoms with Gasteiger partial charge in [0.25, 0.3) is 0 Å². The maximum absolute atomic E-state index is 9.71. The quantitative estimate of drug-likeness (QED) is 0.487. The molecule has 2 N–H and O–H groups in total. The Balaban J connectivity index is -0.0000000767. The first-order valence-electron chi connectivity index (χ1n) is 3.73. The van der Waals surface area contributed by atoms with Crippen molar-refractivity contribution in [2.24, 2.45) is 0 Å². The van der Waals surface area contributed by atoms with Crippen molar-refractivity contribution in [3.8, 4) is 5.75 Å². The van der Waals surface area contributed by atoms with Crippen LogP contribution in [0.15, 0.2) is 43.0 Å². The fourth-order valence-electron chi connectivity index (χ4n) is 0.551. The van der Waals surface area contributed by atoms with Crippen LogP contribution in [0.5, 0.6) is 5.75 Å². The van der Waals surface area contributed by atoms with E-state index in [-0.39, 0.29) is 65.8 Å². The van der Waals surface area contributed by atoms with Crippen LogP contribution < -0.4 is 0 Å². The molecule has 0 fully saturated rings. The molecule has 0 aliphatic carbocycles. The molecular formula is C9H13Mg2O3PS+2. The van der Waals surface area contributed by atoms with E-state index in [1.54, 1.807) is 24.3 Å². The van der Waals surface area contributed by atoms with Crippen LogP contribution in [-0.4, -0.2) is 62.3 Å². The van der Waals surface area contributed by atoms with Gasteiger partial charge in [-0.05, 0) is 12.1 Å². The fraction of sp³-hybridized carbons (Fsp3) is 0.111. The number of phenols is 1. The topological polar surface area (TPSA) is 57.5 Å². The van der Waals surface area contributed by atoms with Gasteiger partial charge in [-0.2, -0.15) is 0 Å². The third-order valence-corrected chi connectivity index (χ3v) is 1.71. The standard InChI is InChI=1S/C6H6O.C3H7O2P.2Mg.S/c7-6-4-2-1-3-5-6;1-2-3-6(4)5;;;/h1-5,7H;2,6H,1,3H2,(H,4,5);;;/q;;2*+2;-2. The summed E-state index contributed by atoms with van der Waals surface area (Å²) in [5.41, 5.74) is 0. The van der Waals surface area contributed by atoms with E-state index < -0.39 is 8.03 Å². The number of phenolic OH excluding ortho intramolecular Hbond substituents is 1. The van der Waals surface area contributed by atoms with E-state index in [1.165, 1.54) is 6.08 Å². The van der Waals surface area contributed by atoms with Crippen LogP contribution in [0.3, 0.4) is 0 Å². The van der Waals surface area contributed by atoms with Crippen molar-refractivity contribution in [2.45, 2.75) is 0 Å². The summed E-state index contributed by atoms with van der Waals surface area (Å²) >= 11 is 0. The van der Waals surface area contributed by atoms with Gasteiger partial charge in [0.15, 0.2) is 8.03 Å². The molecule has 7 heteroatoms. The summed E-state index contributed by atoms with van der Waals surface area (Å²) in [4.78, 5) is 8.03. The molecule has 0 amide bonds. The minimum Gasteiger partial charge on any atom is -2.00 e. The Morgan fingerprint density at radius 2 is 1.69 bits per heavy atom. The summed E-state index contributed by atoms with van der Waals surface area (Å²) in [6.45, 7) is 3.27. The zero-order valence-electron chi connectivity index (χ0n) is 9.00. The molecule has 0 aromatic heterocycles. The molecule has 0 aliphatic heterocycles. The van der Waals surface area contributed by atoms with E-state index in [0.29, 0.717) is 5.75 Å². The Morgan fingerprint density at radius 3 is 1.81 bits per heavy atom. The van der Waals surface area contributed by atoms with Crippen molar-refractivity contribution in [3.63, 3.8) is 0 Å². The minimum absolute atomic E-state index is 0. The number of benzene rings is 1. The van der Waals surface area contributed by atoms with E-state index >= 15 is 0 Å². The van der Waals surface area contributed by atoms with Crippen LogP contribution >= 0.6 is 8.03 Å². The molecular weight excluding hydrogens is 268 g/mol. The van der Waals surface area contributed by atoms with E-state index in [1.807, 2.05) is 6.07 Å². The number of rotatable bonds is 2. The van der Waals surface area contributed by atoms with Crippen molar-refractivity contribution in [1.82, 2.24) is 0 Å². The van der Waals surface area contributed by atoms with Gasteiger partial charge < -0.3 is 23.5 Å². The van der Waals surface area contributed by atoms with Gasteiger partial charge in [0, 0.05) is 6.16 Å². The number of aromatic hydroxyl groups is 1. The summed E-state index contributed by atoms with van der Waals surface area (Å²) in [7, 11) is -2.25. The van der Waals surface area contributed by atoms with Crippen molar-refractivity contribution < 1.29 is 14.6 Å². The van der Waals surface area contributed by atoms with Crippen molar-refractivity contribution in [3.05, 3.63) is 43.0 Å². The molecule has 0 aliphatic rings. The number of hydrogen-bond donors (Lipinski definition) is 2. The molecule has 3 nitrogen and oxygen atoms in total. The molecule has 0 saturated heterocycles. The SMILES string of the molecule is C=CC[PH](=O)O.Oc1ccccc1.[Mg+2].[Mg+2].[S-2]. The van der Waals surface area contributed by atoms with Crippen LogP contribution in [0.25, 0.3) is 0 Å². The largest absolute Gasteiger partial charge is 2.00 e. The van der Waals surface area contributed by atoms with Gasteiger partial charge in [0.2, 0.25) is 0 Å². The van der Waals surface area contributed by atoms with Crippen LogP contribution in [-0.2, 0) is 18.1 Å². The second-order valence-corrected chi connectivity index (χ2v) is 3.42. The first-order valence-corrected chi connectivity index (χ1v) is 5.29. The molecule has 1 rings (SSSR count). The van der Waals surface area contributed by atoms with Crippen molar-refractivity contribution >= 4 is 67.6 Å². The Hall–Kier alpha value is 0.832. The maximum atomic E-state index is 9.71. The first kappa shape index (κ1) is 25.6. The molecule has 0 saturated carbocycles. The number of allylic oxidation sites excluding steroid dienone is 1. The Kier molecular flexibility index (Phi) is 29.2. The average Bonchev–Trinajstić information content (AvgIpc) is 2.06. The summed E-state index contributed by atoms with van der Waals surface area (Å²) in [6.07, 6.45) is 1.67. The molecule has 0 bridgehead atoms. The van der Waals surface area contributed by atoms with Crippen LogP contribution in [0, 0.1) is 0 Å². The van der Waals surface area contributed by atoms with E-state index in [9.17, 15) is 4.57 Å². The zero-order valence-corrected chi connectivity index (χ0v) is 13.6. The molecule has 16 heavy (non-hydrogen) atoms. The fourth-order valence-corrected chi connectivity index (χ4v) is 0.798. The summed E-state index contributed by atoms with van der Waals surface area (Å²) in [6, 6.07) is 8.71. The molecule has 0 spiro atoms. The van der Waals surface area contributed by atoms with Crippen molar-refractivity contribution in [1.29, 1.82) is 0 Å². The summed E-state index contributed by atoms with van der Waals surface area (Å²) in [5, 5.41) is 8.63. The second kappa shape index (κ2) is 18.2. The second-order valence-electron chi connectivity index (χ2n) is 2.22. The molecule has 80 valence electrons. The third kappa shape index (κ3) is 20.3. The summed E-state index contributed by atoms with van der Waals surface area (Å²) < 4.78 is 9.71. The van der Waals surface area contributed by atoms with Crippen LogP contribution in [0.4, 0.5) is 0 Å². The molecule has 0 heterocycles. The first-order chi connectivity index (χ1) is 6.16. The van der Waals surface area contributed by atoms with Gasteiger partial charge in [-0.15, -0.1) is 6.58 Å². The van der Waals surface area contributed by atoms with Gasteiger partial charge in [0.1, 0.15) is 5.75 Å². The van der Waals surface area contributed by atoms with E-state index in [2.05, 4.69) is 6.58 Å². The summed E-state index contributed by atoms with van der Waals surface area (Å²) in [5.74, 6) is 0.322. The van der Waals surface area contributed by atoms with Gasteiger partial charge in [-0.25, -0.2) is 0 Å². The van der Waals surface area contributed by atoms with Gasteiger partial charge in [0.05, 0.1) is 0 Å². The van der Waals surface area contributed by atoms with Crippen LogP contribution in [0.2, 0.25) is 0 Å². The predicted octanol–water partition coefficient (Wildman–Crippen LogP) is 1.27. The Morgan fingerprint density at radius 1 is 1.25 bits per heavy atom. The zero-order chi connectivity index (χ0) is 10.1. The molecule has 1 unspecified atom stereocenters. The molecule has 0 radical (unpaired) electrons. The monoisotopic (exact) mass is 280 g/mol. The number of hydrogen-bond acceptors (Lipinski definition) is 2. The smallest absolute Gasteiger partial charge is 2.00 e. The maximum Gasteiger partial charge on any atom is 2.00 e. The average molecular weight is 281 g/mol. The van der Waals surface area contributed by atoms with E-state index in [0.717, 1.165) is 0 Å². The van der Waals surface area contributed by atoms with Gasteiger partial charge in [-0.3, -0.25) is 4.57 Å². The normalized spacial score (nSPS) is 8.81. The van der Waals surface area contributed by atoms with Crippen molar-refractivity contribution in [2.75, 3.05) is 6.16 Å². The molecule has 1 aromatic rings. The van der Waals surface area contributed by atoms with Gasteiger partial charge in [-0.1, -0.05) is 24.3 Å². The molecule has 1 aromatic carbocycles. The van der Waals surface area contributed by atoms with E-state index in [4.69, 9.17) is 10.00 Å². The Bertz CT molecular complexity index is 273. The number of para-hydroxylation sites is 1. The van der Waals surface area contributed by atoms with Gasteiger partial charge >= 0.3 is 46.1 Å². The molecule has 1 atom stereocenters.